The molecule has 0 saturated heterocycles. The van der Waals surface area contributed by atoms with Crippen LogP contribution in [0.5, 0.6) is 0 Å². The van der Waals surface area contributed by atoms with E-state index >= 15 is 0 Å². The van der Waals surface area contributed by atoms with Gasteiger partial charge in [0.05, 0.1) is 6.42 Å². The number of benzene rings is 1. The van der Waals surface area contributed by atoms with E-state index in [1.54, 1.807) is 30.1 Å². The molecule has 0 heterocycles. The van der Waals surface area contributed by atoms with Crippen LogP contribution in [-0.2, 0) is 11.2 Å². The summed E-state index contributed by atoms with van der Waals surface area (Å²) in [5.74, 6) is -0.413. The number of carbonyl (C=O) groups excluding carboxylic acids is 1. The van der Waals surface area contributed by atoms with Crippen LogP contribution in [0.1, 0.15) is 24.8 Å². The first-order chi connectivity index (χ1) is 8.65. The Morgan fingerprint density at radius 1 is 1.28 bits per heavy atom. The van der Waals surface area contributed by atoms with Crippen molar-refractivity contribution in [2.24, 2.45) is 0 Å². The maximum absolute atomic E-state index is 13.4. The Bertz CT molecular complexity index is 382. The maximum Gasteiger partial charge on any atom is 0.226 e. The van der Waals surface area contributed by atoms with Crippen molar-refractivity contribution in [3.63, 3.8) is 0 Å². The average Bonchev–Trinajstić information content (AvgIpc) is 2.37. The van der Waals surface area contributed by atoms with Crippen LogP contribution in [0.15, 0.2) is 24.3 Å². The molecule has 1 aromatic rings. The van der Waals surface area contributed by atoms with Gasteiger partial charge in [0, 0.05) is 20.2 Å². The number of carbonyl (C=O) groups is 1. The first-order valence-electron chi connectivity index (χ1n) is 6.23. The molecule has 1 amide bonds. The minimum atomic E-state index is -0.334. The first kappa shape index (κ1) is 14.6. The summed E-state index contributed by atoms with van der Waals surface area (Å²) in [6.45, 7) is 0.834. The fourth-order valence-corrected chi connectivity index (χ4v) is 1.70. The van der Waals surface area contributed by atoms with E-state index in [0.717, 1.165) is 19.3 Å². The second kappa shape index (κ2) is 7.82. The zero-order valence-corrected chi connectivity index (χ0v) is 10.7. The molecule has 1 N–H and O–H groups in total. The second-order valence-electron chi connectivity index (χ2n) is 4.37. The summed E-state index contributed by atoms with van der Waals surface area (Å²) in [6.07, 6.45) is 2.62. The Morgan fingerprint density at radius 3 is 2.67 bits per heavy atom. The van der Waals surface area contributed by atoms with Crippen LogP contribution < -0.4 is 0 Å². The highest BCUT2D eigenvalue weighted by atomic mass is 19.1. The van der Waals surface area contributed by atoms with Crippen molar-refractivity contribution in [1.82, 2.24) is 4.90 Å². The number of hydrogen-bond donors (Lipinski definition) is 1. The highest BCUT2D eigenvalue weighted by molar-refractivity contribution is 5.78. The normalized spacial score (nSPS) is 10.4. The lowest BCUT2D eigenvalue weighted by Gasteiger charge is -2.17. The Kier molecular flexibility index (Phi) is 6.36. The van der Waals surface area contributed by atoms with Gasteiger partial charge >= 0.3 is 0 Å². The predicted molar refractivity (Wildman–Crippen MR) is 68.7 cm³/mol. The van der Waals surface area contributed by atoms with Gasteiger partial charge in [-0.3, -0.25) is 4.79 Å². The number of likely N-dealkylation sites (N-methyl/N-ethyl adjacent to an activating group) is 1. The molecule has 0 fully saturated rings. The van der Waals surface area contributed by atoms with Crippen molar-refractivity contribution in [2.75, 3.05) is 20.2 Å². The third-order valence-corrected chi connectivity index (χ3v) is 2.88. The molecule has 0 bridgehead atoms. The average molecular weight is 253 g/mol. The summed E-state index contributed by atoms with van der Waals surface area (Å²) in [6, 6.07) is 6.34. The van der Waals surface area contributed by atoms with Gasteiger partial charge in [0.2, 0.25) is 5.91 Å². The van der Waals surface area contributed by atoms with Gasteiger partial charge < -0.3 is 10.0 Å². The molecule has 0 spiro atoms. The van der Waals surface area contributed by atoms with E-state index in [1.807, 2.05) is 0 Å². The molecular weight excluding hydrogens is 233 g/mol. The lowest BCUT2D eigenvalue weighted by Crippen LogP contribution is -2.29. The van der Waals surface area contributed by atoms with Crippen LogP contribution >= 0.6 is 0 Å². The SMILES string of the molecule is CN(CCCCCO)C(=O)Cc1ccccc1F. The predicted octanol–water partition coefficient (Wildman–Crippen LogP) is 1.99. The topological polar surface area (TPSA) is 40.5 Å². The van der Waals surface area contributed by atoms with Crippen molar-refractivity contribution < 1.29 is 14.3 Å². The molecule has 0 aliphatic heterocycles. The van der Waals surface area contributed by atoms with Crippen molar-refractivity contribution in [3.8, 4) is 0 Å². The van der Waals surface area contributed by atoms with Crippen LogP contribution in [0.4, 0.5) is 4.39 Å². The quantitative estimate of drug-likeness (QED) is 0.755. The molecular formula is C14H20FNO2. The minimum absolute atomic E-state index is 0.0795. The number of amides is 1. The number of hydrogen-bond acceptors (Lipinski definition) is 2. The monoisotopic (exact) mass is 253 g/mol. The smallest absolute Gasteiger partial charge is 0.226 e. The van der Waals surface area contributed by atoms with Crippen molar-refractivity contribution >= 4 is 5.91 Å². The Hall–Kier alpha value is -1.42. The van der Waals surface area contributed by atoms with Gasteiger partial charge in [-0.15, -0.1) is 0 Å². The van der Waals surface area contributed by atoms with Crippen molar-refractivity contribution in [2.45, 2.75) is 25.7 Å². The van der Waals surface area contributed by atoms with Gasteiger partial charge in [-0.2, -0.15) is 0 Å². The minimum Gasteiger partial charge on any atom is -0.396 e. The summed E-state index contributed by atoms with van der Waals surface area (Å²) < 4.78 is 13.4. The second-order valence-corrected chi connectivity index (χ2v) is 4.37. The molecule has 4 heteroatoms. The van der Waals surface area contributed by atoms with E-state index in [4.69, 9.17) is 5.11 Å². The van der Waals surface area contributed by atoms with Crippen molar-refractivity contribution in [1.29, 1.82) is 0 Å². The van der Waals surface area contributed by atoms with E-state index in [2.05, 4.69) is 0 Å². The summed E-state index contributed by atoms with van der Waals surface area (Å²) in [5, 5.41) is 8.64. The van der Waals surface area contributed by atoms with Crippen LogP contribution in [0.2, 0.25) is 0 Å². The zero-order chi connectivity index (χ0) is 13.4. The molecule has 1 rings (SSSR count). The van der Waals surface area contributed by atoms with E-state index < -0.39 is 0 Å². The van der Waals surface area contributed by atoms with Crippen LogP contribution in [0.3, 0.4) is 0 Å². The van der Waals surface area contributed by atoms with Crippen molar-refractivity contribution in [3.05, 3.63) is 35.6 Å². The highest BCUT2D eigenvalue weighted by Gasteiger charge is 2.11. The molecule has 0 atom stereocenters. The third-order valence-electron chi connectivity index (χ3n) is 2.88. The lowest BCUT2D eigenvalue weighted by atomic mass is 10.1. The fourth-order valence-electron chi connectivity index (χ4n) is 1.70. The number of halogens is 1. The van der Waals surface area contributed by atoms with Gasteiger partial charge in [0.15, 0.2) is 0 Å². The summed E-state index contributed by atoms with van der Waals surface area (Å²) >= 11 is 0. The van der Waals surface area contributed by atoms with E-state index in [1.165, 1.54) is 6.07 Å². The number of unbranched alkanes of at least 4 members (excludes halogenated alkanes) is 2. The largest absolute Gasteiger partial charge is 0.396 e. The first-order valence-corrected chi connectivity index (χ1v) is 6.23. The maximum atomic E-state index is 13.4. The number of rotatable bonds is 7. The third kappa shape index (κ3) is 4.84. The van der Waals surface area contributed by atoms with Crippen LogP contribution in [-0.4, -0.2) is 36.1 Å². The molecule has 3 nitrogen and oxygen atoms in total. The van der Waals surface area contributed by atoms with E-state index in [0.29, 0.717) is 12.1 Å². The van der Waals surface area contributed by atoms with Gasteiger partial charge in [0.1, 0.15) is 5.82 Å². The van der Waals surface area contributed by atoms with Crippen LogP contribution in [0.25, 0.3) is 0 Å². The van der Waals surface area contributed by atoms with Crippen LogP contribution in [0, 0.1) is 5.82 Å². The summed E-state index contributed by atoms with van der Waals surface area (Å²) in [5.41, 5.74) is 0.435. The Morgan fingerprint density at radius 2 is 2.00 bits per heavy atom. The molecule has 1 aromatic carbocycles. The molecule has 0 saturated carbocycles. The Labute approximate surface area is 107 Å². The van der Waals surface area contributed by atoms with E-state index in [9.17, 15) is 9.18 Å². The fraction of sp³-hybridized carbons (Fsp3) is 0.500. The molecule has 0 aliphatic carbocycles. The van der Waals surface area contributed by atoms with E-state index in [-0.39, 0.29) is 24.8 Å². The molecule has 0 aliphatic rings. The van der Waals surface area contributed by atoms with Gasteiger partial charge in [0.25, 0.3) is 0 Å². The molecule has 0 aromatic heterocycles. The molecule has 0 unspecified atom stereocenters. The Balaban J connectivity index is 2.38. The summed E-state index contributed by atoms with van der Waals surface area (Å²) in [4.78, 5) is 13.5. The molecule has 18 heavy (non-hydrogen) atoms. The lowest BCUT2D eigenvalue weighted by molar-refractivity contribution is -0.129. The zero-order valence-electron chi connectivity index (χ0n) is 10.7. The number of nitrogens with zero attached hydrogens (tertiary/aromatic N) is 1. The standard InChI is InChI=1S/C14H20FNO2/c1-16(9-5-2-6-10-17)14(18)11-12-7-3-4-8-13(12)15/h3-4,7-8,17H,2,5-6,9-11H2,1H3. The highest BCUT2D eigenvalue weighted by Crippen LogP contribution is 2.08. The molecule has 0 radical (unpaired) electrons. The number of aliphatic hydroxyl groups excluding tert-OH is 1. The van der Waals surface area contributed by atoms with Gasteiger partial charge in [-0.1, -0.05) is 18.2 Å². The molecule has 100 valence electrons. The number of aliphatic hydroxyl groups is 1. The van der Waals surface area contributed by atoms with Gasteiger partial charge in [-0.05, 0) is 30.9 Å². The summed E-state index contributed by atoms with van der Waals surface area (Å²) in [7, 11) is 1.72. The van der Waals surface area contributed by atoms with Gasteiger partial charge in [-0.25, -0.2) is 4.39 Å².